The monoisotopic (exact) mass is 210 g/mol. The van der Waals surface area contributed by atoms with E-state index in [1.54, 1.807) is 6.20 Å². The number of pyridine rings is 1. The minimum atomic E-state index is -0.0397. The maximum absolute atomic E-state index is 11.5. The quantitative estimate of drug-likeness (QED) is 0.773. The molecule has 0 saturated heterocycles. The summed E-state index contributed by atoms with van der Waals surface area (Å²) in [6.45, 7) is 0.792. The predicted octanol–water partition coefficient (Wildman–Crippen LogP) is 1.96. The number of halogens is 1. The number of fused-ring (bicyclic) bond motifs is 1. The van der Waals surface area contributed by atoms with E-state index in [2.05, 4.69) is 4.98 Å². The second kappa shape index (κ2) is 3.88. The van der Waals surface area contributed by atoms with Gasteiger partial charge in [0.1, 0.15) is 5.52 Å². The zero-order valence-corrected chi connectivity index (χ0v) is 8.42. The molecule has 0 bridgehead atoms. The molecule has 0 saturated carbocycles. The average Bonchev–Trinajstić information content (AvgIpc) is 2.59. The zero-order valence-electron chi connectivity index (χ0n) is 7.66. The van der Waals surface area contributed by atoms with Gasteiger partial charge in [-0.05, 0) is 18.6 Å². The number of aromatic amines is 1. The fourth-order valence-corrected chi connectivity index (χ4v) is 1.70. The summed E-state index contributed by atoms with van der Waals surface area (Å²) in [4.78, 5) is 14.2. The van der Waals surface area contributed by atoms with Crippen molar-refractivity contribution in [3.05, 3.63) is 34.9 Å². The lowest BCUT2D eigenvalue weighted by atomic mass is 10.3. The molecule has 0 aliphatic carbocycles. The third-order valence-electron chi connectivity index (χ3n) is 2.22. The SMILES string of the molecule is O=c1[nH]ccc2ccn(CCCCl)c12. The number of H-pyrrole nitrogens is 1. The zero-order chi connectivity index (χ0) is 9.97. The van der Waals surface area contributed by atoms with Crippen molar-refractivity contribution in [3.8, 4) is 0 Å². The maximum Gasteiger partial charge on any atom is 0.272 e. The van der Waals surface area contributed by atoms with Gasteiger partial charge in [0, 0.05) is 30.2 Å². The van der Waals surface area contributed by atoms with Crippen LogP contribution in [0.2, 0.25) is 0 Å². The predicted molar refractivity (Wildman–Crippen MR) is 57.9 cm³/mol. The summed E-state index contributed by atoms with van der Waals surface area (Å²) in [6.07, 6.45) is 4.46. The standard InChI is InChI=1S/C10H11ClN2O/c11-4-1-6-13-7-3-8-2-5-12-10(14)9(8)13/h2-3,5,7H,1,4,6H2,(H,12,14). The highest BCUT2D eigenvalue weighted by Gasteiger charge is 2.03. The van der Waals surface area contributed by atoms with Gasteiger partial charge in [-0.1, -0.05) is 0 Å². The Bertz CT molecular complexity index is 486. The molecular weight excluding hydrogens is 200 g/mol. The summed E-state index contributed by atoms with van der Waals surface area (Å²) in [5, 5.41) is 0.975. The Labute approximate surface area is 86.3 Å². The van der Waals surface area contributed by atoms with Crippen LogP contribution in [0.5, 0.6) is 0 Å². The average molecular weight is 211 g/mol. The van der Waals surface area contributed by atoms with Crippen LogP contribution in [-0.2, 0) is 6.54 Å². The van der Waals surface area contributed by atoms with Gasteiger partial charge in [0.15, 0.2) is 0 Å². The summed E-state index contributed by atoms with van der Waals surface area (Å²) < 4.78 is 1.94. The minimum Gasteiger partial charge on any atom is -0.343 e. The number of aryl methyl sites for hydroxylation is 1. The Morgan fingerprint density at radius 3 is 3.07 bits per heavy atom. The van der Waals surface area contributed by atoms with Gasteiger partial charge < -0.3 is 9.55 Å². The number of aromatic nitrogens is 2. The molecule has 0 unspecified atom stereocenters. The smallest absolute Gasteiger partial charge is 0.272 e. The van der Waals surface area contributed by atoms with E-state index in [9.17, 15) is 4.79 Å². The third-order valence-corrected chi connectivity index (χ3v) is 2.49. The number of hydrogen-bond acceptors (Lipinski definition) is 1. The van der Waals surface area contributed by atoms with Crippen LogP contribution >= 0.6 is 11.6 Å². The molecule has 74 valence electrons. The topological polar surface area (TPSA) is 37.8 Å². The lowest BCUT2D eigenvalue weighted by molar-refractivity contribution is 0.704. The first-order valence-corrected chi connectivity index (χ1v) is 5.09. The van der Waals surface area contributed by atoms with Crippen LogP contribution in [0.15, 0.2) is 29.3 Å². The van der Waals surface area contributed by atoms with Crippen LogP contribution < -0.4 is 5.56 Å². The van der Waals surface area contributed by atoms with Crippen LogP contribution in [-0.4, -0.2) is 15.4 Å². The van der Waals surface area contributed by atoms with Crippen molar-refractivity contribution in [1.29, 1.82) is 0 Å². The van der Waals surface area contributed by atoms with Crippen molar-refractivity contribution in [3.63, 3.8) is 0 Å². The number of hydrogen-bond donors (Lipinski definition) is 1. The molecule has 0 spiro atoms. The minimum absolute atomic E-state index is 0.0397. The van der Waals surface area contributed by atoms with Crippen LogP contribution in [0.25, 0.3) is 10.9 Å². The van der Waals surface area contributed by atoms with Gasteiger partial charge in [0.2, 0.25) is 0 Å². The summed E-state index contributed by atoms with van der Waals surface area (Å²) >= 11 is 5.61. The van der Waals surface area contributed by atoms with Crippen LogP contribution in [0.4, 0.5) is 0 Å². The lowest BCUT2D eigenvalue weighted by Crippen LogP contribution is -2.10. The van der Waals surface area contributed by atoms with E-state index in [-0.39, 0.29) is 5.56 Å². The van der Waals surface area contributed by atoms with Gasteiger partial charge in [-0.3, -0.25) is 4.79 Å². The molecule has 0 aliphatic rings. The van der Waals surface area contributed by atoms with E-state index < -0.39 is 0 Å². The first-order valence-electron chi connectivity index (χ1n) is 4.55. The highest BCUT2D eigenvalue weighted by Crippen LogP contribution is 2.10. The van der Waals surface area contributed by atoms with Gasteiger partial charge in [0.05, 0.1) is 0 Å². The number of alkyl halides is 1. The van der Waals surface area contributed by atoms with E-state index >= 15 is 0 Å². The van der Waals surface area contributed by atoms with Crippen molar-refractivity contribution in [1.82, 2.24) is 9.55 Å². The van der Waals surface area contributed by atoms with Crippen molar-refractivity contribution in [2.24, 2.45) is 0 Å². The van der Waals surface area contributed by atoms with Crippen LogP contribution in [0.1, 0.15) is 6.42 Å². The molecule has 1 N–H and O–H groups in total. The first kappa shape index (κ1) is 9.34. The molecule has 14 heavy (non-hydrogen) atoms. The highest BCUT2D eigenvalue weighted by atomic mass is 35.5. The molecule has 0 amide bonds. The van der Waals surface area contributed by atoms with Crippen molar-refractivity contribution in [2.75, 3.05) is 5.88 Å². The number of rotatable bonds is 3. The summed E-state index contributed by atoms with van der Waals surface area (Å²) in [5.74, 6) is 0.615. The molecule has 0 radical (unpaired) electrons. The van der Waals surface area contributed by atoms with Crippen molar-refractivity contribution in [2.45, 2.75) is 13.0 Å². The fourth-order valence-electron chi connectivity index (χ4n) is 1.58. The fraction of sp³-hybridized carbons (Fsp3) is 0.300. The Hall–Kier alpha value is -1.22. The molecule has 4 heteroatoms. The van der Waals surface area contributed by atoms with Crippen molar-refractivity contribution >= 4 is 22.5 Å². The second-order valence-electron chi connectivity index (χ2n) is 3.16. The summed E-state index contributed by atoms with van der Waals surface area (Å²) in [6, 6.07) is 3.84. The first-order chi connectivity index (χ1) is 6.83. The molecule has 2 rings (SSSR count). The molecule has 0 atom stereocenters. The molecule has 2 heterocycles. The van der Waals surface area contributed by atoms with Crippen LogP contribution in [0.3, 0.4) is 0 Å². The Morgan fingerprint density at radius 2 is 2.29 bits per heavy atom. The molecule has 0 fully saturated rings. The van der Waals surface area contributed by atoms with E-state index in [1.807, 2.05) is 22.9 Å². The van der Waals surface area contributed by atoms with Gasteiger partial charge >= 0.3 is 0 Å². The normalized spacial score (nSPS) is 10.9. The lowest BCUT2D eigenvalue weighted by Gasteiger charge is -2.01. The Balaban J connectivity index is 2.50. The molecule has 2 aromatic rings. The largest absolute Gasteiger partial charge is 0.343 e. The number of nitrogens with one attached hydrogen (secondary N) is 1. The molecular formula is C10H11ClN2O. The van der Waals surface area contributed by atoms with E-state index in [1.165, 1.54) is 0 Å². The Kier molecular flexibility index (Phi) is 2.59. The van der Waals surface area contributed by atoms with Crippen molar-refractivity contribution < 1.29 is 0 Å². The van der Waals surface area contributed by atoms with Gasteiger partial charge in [-0.25, -0.2) is 0 Å². The second-order valence-corrected chi connectivity index (χ2v) is 3.54. The van der Waals surface area contributed by atoms with Crippen LogP contribution in [0, 0.1) is 0 Å². The molecule has 0 aliphatic heterocycles. The van der Waals surface area contributed by atoms with E-state index in [0.29, 0.717) is 5.88 Å². The summed E-state index contributed by atoms with van der Waals surface area (Å²) in [5.41, 5.74) is 0.694. The van der Waals surface area contributed by atoms with E-state index in [4.69, 9.17) is 11.6 Å². The van der Waals surface area contributed by atoms with E-state index in [0.717, 1.165) is 23.9 Å². The third kappa shape index (κ3) is 1.55. The molecule has 0 aromatic carbocycles. The van der Waals surface area contributed by atoms with Gasteiger partial charge in [-0.2, -0.15) is 0 Å². The van der Waals surface area contributed by atoms with Gasteiger partial charge in [-0.15, -0.1) is 11.6 Å². The maximum atomic E-state index is 11.5. The molecule has 2 aromatic heterocycles. The summed E-state index contributed by atoms with van der Waals surface area (Å²) in [7, 11) is 0. The number of nitrogens with zero attached hydrogens (tertiary/aromatic N) is 1. The highest BCUT2D eigenvalue weighted by molar-refractivity contribution is 6.17. The molecule has 3 nitrogen and oxygen atoms in total. The Morgan fingerprint density at radius 1 is 1.43 bits per heavy atom. The van der Waals surface area contributed by atoms with Gasteiger partial charge in [0.25, 0.3) is 5.56 Å².